The molecule has 4 nitrogen and oxygen atoms in total. The number of rotatable bonds is 6. The van der Waals surface area contributed by atoms with Crippen molar-refractivity contribution in [3.63, 3.8) is 0 Å². The fourth-order valence-electron chi connectivity index (χ4n) is 1.97. The Hall–Kier alpha value is -0.160. The smallest absolute Gasteiger partial charge is 0.146 e. The maximum atomic E-state index is 5.43. The average Bonchev–Trinajstić information content (AvgIpc) is 2.88. The van der Waals surface area contributed by atoms with Crippen LogP contribution in [-0.2, 0) is 18.9 Å². The van der Waals surface area contributed by atoms with Crippen molar-refractivity contribution in [3.05, 3.63) is 0 Å². The highest BCUT2D eigenvalue weighted by atomic mass is 16.7. The van der Waals surface area contributed by atoms with Gasteiger partial charge in [-0.3, -0.25) is 0 Å². The Balaban J connectivity index is 0. The molecular weight excluding hydrogens is 232 g/mol. The molecule has 2 aliphatic rings. The quantitative estimate of drug-likeness (QED) is 0.545. The summed E-state index contributed by atoms with van der Waals surface area (Å²) in [6, 6.07) is 0. The molecule has 2 aliphatic heterocycles. The molecule has 2 fully saturated rings. The lowest BCUT2D eigenvalue weighted by Crippen LogP contribution is -2.19. The fraction of sp³-hybridized carbons (Fsp3) is 1.00. The van der Waals surface area contributed by atoms with Gasteiger partial charge in [-0.05, 0) is 25.7 Å². The molecule has 0 spiro atoms. The van der Waals surface area contributed by atoms with E-state index in [1.54, 1.807) is 0 Å². The second-order valence-corrected chi connectivity index (χ2v) is 4.13. The van der Waals surface area contributed by atoms with E-state index in [1.807, 2.05) is 0 Å². The SMILES string of the molecule is C.C.C.C1COC(COCOCC2CCCO2)C1. The summed E-state index contributed by atoms with van der Waals surface area (Å²) in [5.74, 6) is 0. The van der Waals surface area contributed by atoms with Crippen molar-refractivity contribution < 1.29 is 18.9 Å². The van der Waals surface area contributed by atoms with Crippen LogP contribution in [0.25, 0.3) is 0 Å². The zero-order valence-electron chi connectivity index (χ0n) is 9.15. The van der Waals surface area contributed by atoms with Crippen molar-refractivity contribution in [1.29, 1.82) is 0 Å². The zero-order chi connectivity index (χ0) is 10.3. The molecule has 18 heavy (non-hydrogen) atoms. The molecule has 0 bridgehead atoms. The van der Waals surface area contributed by atoms with Gasteiger partial charge in [0.05, 0.1) is 25.4 Å². The van der Waals surface area contributed by atoms with E-state index >= 15 is 0 Å². The minimum atomic E-state index is 0. The molecule has 112 valence electrons. The van der Waals surface area contributed by atoms with Gasteiger partial charge in [-0.2, -0.15) is 0 Å². The first-order valence-electron chi connectivity index (χ1n) is 5.84. The van der Waals surface area contributed by atoms with E-state index in [0.717, 1.165) is 38.9 Å². The molecule has 2 atom stereocenters. The van der Waals surface area contributed by atoms with Crippen molar-refractivity contribution in [2.45, 2.75) is 60.2 Å². The van der Waals surface area contributed by atoms with Crippen LogP contribution < -0.4 is 0 Å². The largest absolute Gasteiger partial charge is 0.376 e. The Morgan fingerprint density at radius 3 is 1.56 bits per heavy atom. The number of hydrogen-bond acceptors (Lipinski definition) is 4. The van der Waals surface area contributed by atoms with Crippen LogP contribution in [0.1, 0.15) is 48.0 Å². The predicted molar refractivity (Wildman–Crippen MR) is 74.9 cm³/mol. The Morgan fingerprint density at radius 1 is 0.778 bits per heavy atom. The first-order chi connectivity index (χ1) is 7.45. The van der Waals surface area contributed by atoms with Crippen LogP contribution >= 0.6 is 0 Å². The van der Waals surface area contributed by atoms with E-state index in [9.17, 15) is 0 Å². The third kappa shape index (κ3) is 7.31. The van der Waals surface area contributed by atoms with Crippen LogP contribution in [0, 0.1) is 0 Å². The lowest BCUT2D eigenvalue weighted by Gasteiger charge is -2.12. The lowest BCUT2D eigenvalue weighted by atomic mass is 10.2. The van der Waals surface area contributed by atoms with Gasteiger partial charge in [0.15, 0.2) is 0 Å². The molecule has 2 heterocycles. The zero-order valence-corrected chi connectivity index (χ0v) is 9.15. The Morgan fingerprint density at radius 2 is 1.22 bits per heavy atom. The van der Waals surface area contributed by atoms with Gasteiger partial charge in [0.25, 0.3) is 0 Å². The topological polar surface area (TPSA) is 36.9 Å². The van der Waals surface area contributed by atoms with E-state index in [4.69, 9.17) is 18.9 Å². The summed E-state index contributed by atoms with van der Waals surface area (Å²) in [5, 5.41) is 0. The maximum absolute atomic E-state index is 5.43. The Kier molecular flexibility index (Phi) is 13.3. The van der Waals surface area contributed by atoms with Gasteiger partial charge < -0.3 is 18.9 Å². The second kappa shape index (κ2) is 11.9. The highest BCUT2D eigenvalue weighted by molar-refractivity contribution is 4.64. The summed E-state index contributed by atoms with van der Waals surface area (Å²) in [6.45, 7) is 3.44. The molecule has 2 rings (SSSR count). The van der Waals surface area contributed by atoms with E-state index in [1.165, 1.54) is 0 Å². The highest BCUT2D eigenvalue weighted by Gasteiger charge is 2.16. The lowest BCUT2D eigenvalue weighted by molar-refractivity contribution is -0.101. The Bertz CT molecular complexity index is 145. The van der Waals surface area contributed by atoms with Crippen LogP contribution in [0.5, 0.6) is 0 Å². The molecule has 0 aliphatic carbocycles. The second-order valence-electron chi connectivity index (χ2n) is 4.13. The number of ether oxygens (including phenoxy) is 4. The van der Waals surface area contributed by atoms with E-state index in [2.05, 4.69) is 0 Å². The van der Waals surface area contributed by atoms with Gasteiger partial charge in [0, 0.05) is 13.2 Å². The first-order valence-corrected chi connectivity index (χ1v) is 5.84. The fourth-order valence-corrected chi connectivity index (χ4v) is 1.97. The van der Waals surface area contributed by atoms with Crippen LogP contribution in [0.2, 0.25) is 0 Å². The van der Waals surface area contributed by atoms with Crippen molar-refractivity contribution >= 4 is 0 Å². The summed E-state index contributed by atoms with van der Waals surface area (Å²) >= 11 is 0. The summed E-state index contributed by atoms with van der Waals surface area (Å²) in [6.07, 6.45) is 5.13. The molecule has 0 saturated carbocycles. The van der Waals surface area contributed by atoms with Gasteiger partial charge in [-0.1, -0.05) is 22.3 Å². The molecule has 2 unspecified atom stereocenters. The van der Waals surface area contributed by atoms with Crippen LogP contribution in [0.15, 0.2) is 0 Å². The summed E-state index contributed by atoms with van der Waals surface area (Å²) in [4.78, 5) is 0. The molecule has 2 saturated heterocycles. The van der Waals surface area contributed by atoms with Crippen molar-refractivity contribution in [3.8, 4) is 0 Å². The molecule has 0 amide bonds. The minimum absolute atomic E-state index is 0. The third-order valence-corrected chi connectivity index (χ3v) is 2.82. The van der Waals surface area contributed by atoms with E-state index in [0.29, 0.717) is 20.0 Å². The molecular formula is C14H32O4. The van der Waals surface area contributed by atoms with Gasteiger partial charge in [-0.15, -0.1) is 0 Å². The van der Waals surface area contributed by atoms with Gasteiger partial charge >= 0.3 is 0 Å². The predicted octanol–water partition coefficient (Wildman–Crippen LogP) is 3.24. The third-order valence-electron chi connectivity index (χ3n) is 2.82. The van der Waals surface area contributed by atoms with Gasteiger partial charge in [0.2, 0.25) is 0 Å². The average molecular weight is 264 g/mol. The van der Waals surface area contributed by atoms with E-state index < -0.39 is 0 Å². The molecule has 0 N–H and O–H groups in total. The Labute approximate surface area is 113 Å². The normalized spacial score (nSPS) is 26.0. The standard InChI is InChI=1S/C11H20O4.3CH4/c1-3-10(14-5-1)7-12-9-13-8-11-4-2-6-15-11;;;/h10-11H,1-9H2;3*1H4. The van der Waals surface area contributed by atoms with Gasteiger partial charge in [0.1, 0.15) is 6.79 Å². The monoisotopic (exact) mass is 264 g/mol. The molecule has 0 aromatic heterocycles. The molecule has 0 aromatic rings. The summed E-state index contributed by atoms with van der Waals surface area (Å²) in [7, 11) is 0. The van der Waals surface area contributed by atoms with Gasteiger partial charge in [-0.25, -0.2) is 0 Å². The first kappa shape index (κ1) is 20.2. The number of hydrogen-bond donors (Lipinski definition) is 0. The maximum Gasteiger partial charge on any atom is 0.146 e. The summed E-state index contributed by atoms with van der Waals surface area (Å²) in [5.41, 5.74) is 0. The van der Waals surface area contributed by atoms with Crippen molar-refractivity contribution in [2.24, 2.45) is 0 Å². The van der Waals surface area contributed by atoms with Crippen molar-refractivity contribution in [1.82, 2.24) is 0 Å². The van der Waals surface area contributed by atoms with E-state index in [-0.39, 0.29) is 34.5 Å². The molecule has 0 aromatic carbocycles. The molecule has 4 heteroatoms. The van der Waals surface area contributed by atoms with Crippen molar-refractivity contribution in [2.75, 3.05) is 33.2 Å². The van der Waals surface area contributed by atoms with Crippen LogP contribution in [-0.4, -0.2) is 45.4 Å². The minimum Gasteiger partial charge on any atom is -0.376 e. The highest BCUT2D eigenvalue weighted by Crippen LogP contribution is 2.13. The van der Waals surface area contributed by atoms with Crippen LogP contribution in [0.3, 0.4) is 0 Å². The van der Waals surface area contributed by atoms with Crippen LogP contribution in [0.4, 0.5) is 0 Å². The summed E-state index contributed by atoms with van der Waals surface area (Å²) < 4.78 is 21.6. The molecule has 0 radical (unpaired) electrons.